The molecule has 4 N–H and O–H groups in total. The zero-order valence-corrected chi connectivity index (χ0v) is 10.6. The second kappa shape index (κ2) is 4.69. The van der Waals surface area contributed by atoms with E-state index in [0.29, 0.717) is 10.0 Å². The van der Waals surface area contributed by atoms with Gasteiger partial charge in [-0.25, -0.2) is 14.4 Å². The van der Waals surface area contributed by atoms with Gasteiger partial charge in [-0.15, -0.1) is 0 Å². The molecule has 0 bridgehead atoms. The van der Waals surface area contributed by atoms with Crippen molar-refractivity contribution in [2.45, 2.75) is 0 Å². The summed E-state index contributed by atoms with van der Waals surface area (Å²) >= 11 is 3.20. The summed E-state index contributed by atoms with van der Waals surface area (Å²) in [4.78, 5) is 18.9. The summed E-state index contributed by atoms with van der Waals surface area (Å²) in [6, 6.07) is 4.08. The van der Waals surface area contributed by atoms with Crippen molar-refractivity contribution in [3.8, 4) is 11.4 Å². The van der Waals surface area contributed by atoms with Crippen molar-refractivity contribution in [3.05, 3.63) is 40.2 Å². The Morgan fingerprint density at radius 2 is 2.11 bits per heavy atom. The van der Waals surface area contributed by atoms with Crippen LogP contribution in [0.2, 0.25) is 0 Å². The maximum absolute atomic E-state index is 13.0. The molecule has 0 fully saturated rings. The first-order valence-corrected chi connectivity index (χ1v) is 5.66. The summed E-state index contributed by atoms with van der Waals surface area (Å²) in [7, 11) is 0. The first-order chi connectivity index (χ1) is 8.49. The highest BCUT2D eigenvalue weighted by atomic mass is 79.9. The minimum absolute atomic E-state index is 0.0104. The van der Waals surface area contributed by atoms with Crippen molar-refractivity contribution < 1.29 is 9.18 Å². The van der Waals surface area contributed by atoms with Gasteiger partial charge in [-0.1, -0.05) is 0 Å². The number of aromatic nitrogens is 2. The number of primary amides is 1. The molecule has 92 valence electrons. The van der Waals surface area contributed by atoms with Gasteiger partial charge in [0.25, 0.3) is 5.91 Å². The third-order valence-electron chi connectivity index (χ3n) is 2.26. The number of carbonyl (C=O) groups is 1. The molecular weight excluding hydrogens is 303 g/mol. The van der Waals surface area contributed by atoms with E-state index in [1.807, 2.05) is 0 Å². The van der Waals surface area contributed by atoms with Gasteiger partial charge < -0.3 is 11.5 Å². The van der Waals surface area contributed by atoms with Crippen molar-refractivity contribution in [2.24, 2.45) is 5.73 Å². The second-order valence-electron chi connectivity index (χ2n) is 3.48. The molecule has 2 rings (SSSR count). The molecule has 18 heavy (non-hydrogen) atoms. The highest BCUT2D eigenvalue weighted by Gasteiger charge is 2.12. The average Bonchev–Trinajstić information content (AvgIpc) is 2.28. The van der Waals surface area contributed by atoms with Crippen LogP contribution in [0.3, 0.4) is 0 Å². The second-order valence-corrected chi connectivity index (χ2v) is 4.34. The predicted octanol–water partition coefficient (Wildman–Crippen LogP) is 1.73. The van der Waals surface area contributed by atoms with E-state index < -0.39 is 5.91 Å². The Morgan fingerprint density at radius 1 is 1.39 bits per heavy atom. The summed E-state index contributed by atoms with van der Waals surface area (Å²) in [5, 5.41) is 0. The van der Waals surface area contributed by atoms with Crippen LogP contribution in [-0.4, -0.2) is 15.9 Å². The molecule has 0 radical (unpaired) electrons. The average molecular weight is 311 g/mol. The third-order valence-corrected chi connectivity index (χ3v) is 2.91. The van der Waals surface area contributed by atoms with E-state index in [0.717, 1.165) is 0 Å². The lowest BCUT2D eigenvalue weighted by atomic mass is 10.2. The summed E-state index contributed by atoms with van der Waals surface area (Å²) in [6.07, 6.45) is 1.25. The number of hydrogen-bond donors (Lipinski definition) is 2. The number of amides is 1. The quantitative estimate of drug-likeness (QED) is 0.883. The number of nitrogens with two attached hydrogens (primary N) is 2. The predicted molar refractivity (Wildman–Crippen MR) is 68.1 cm³/mol. The topological polar surface area (TPSA) is 94.9 Å². The third kappa shape index (κ3) is 2.30. The zero-order chi connectivity index (χ0) is 13.3. The van der Waals surface area contributed by atoms with Crippen LogP contribution < -0.4 is 11.5 Å². The molecule has 1 heterocycles. The van der Waals surface area contributed by atoms with Crippen molar-refractivity contribution in [1.29, 1.82) is 0 Å². The van der Waals surface area contributed by atoms with Gasteiger partial charge in [-0.3, -0.25) is 4.79 Å². The van der Waals surface area contributed by atoms with Gasteiger partial charge in [-0.05, 0) is 34.1 Å². The molecule has 1 aromatic carbocycles. The molecule has 0 aliphatic carbocycles. The van der Waals surface area contributed by atoms with E-state index in [4.69, 9.17) is 11.5 Å². The maximum Gasteiger partial charge on any atom is 0.254 e. The van der Waals surface area contributed by atoms with Crippen LogP contribution in [0.15, 0.2) is 28.9 Å². The SMILES string of the molecule is NC(=O)c1cnc(-c2ccc(F)cc2Br)nc1N. The van der Waals surface area contributed by atoms with Crippen LogP contribution in [0.25, 0.3) is 11.4 Å². The van der Waals surface area contributed by atoms with E-state index in [2.05, 4.69) is 25.9 Å². The van der Waals surface area contributed by atoms with Crippen LogP contribution in [0, 0.1) is 5.82 Å². The number of anilines is 1. The molecular formula is C11H8BrFN4O. The summed E-state index contributed by atoms with van der Waals surface area (Å²) in [6.45, 7) is 0. The molecule has 0 saturated heterocycles. The Morgan fingerprint density at radius 3 is 2.67 bits per heavy atom. The summed E-state index contributed by atoms with van der Waals surface area (Å²) < 4.78 is 13.4. The van der Waals surface area contributed by atoms with Gasteiger partial charge in [0.1, 0.15) is 11.6 Å². The molecule has 0 unspecified atom stereocenters. The Bertz CT molecular complexity index is 632. The fourth-order valence-corrected chi connectivity index (χ4v) is 1.91. The number of carbonyl (C=O) groups excluding carboxylic acids is 1. The van der Waals surface area contributed by atoms with Crippen LogP contribution in [0.5, 0.6) is 0 Å². The molecule has 1 amide bonds. The molecule has 1 aromatic heterocycles. The molecule has 7 heteroatoms. The number of hydrogen-bond acceptors (Lipinski definition) is 4. The molecule has 5 nitrogen and oxygen atoms in total. The van der Waals surface area contributed by atoms with Crippen LogP contribution in [0.4, 0.5) is 10.2 Å². The minimum atomic E-state index is -0.697. The Kier molecular flexibility index (Phi) is 3.24. The Hall–Kier alpha value is -2.02. The first kappa shape index (κ1) is 12.4. The smallest absolute Gasteiger partial charge is 0.254 e. The number of rotatable bonds is 2. The van der Waals surface area contributed by atoms with E-state index in [1.54, 1.807) is 0 Å². The highest BCUT2D eigenvalue weighted by Crippen LogP contribution is 2.27. The number of nitrogens with zero attached hydrogens (tertiary/aromatic N) is 2. The zero-order valence-electron chi connectivity index (χ0n) is 9.02. The maximum atomic E-state index is 13.0. The van der Waals surface area contributed by atoms with Crippen LogP contribution in [-0.2, 0) is 0 Å². The van der Waals surface area contributed by atoms with E-state index in [1.165, 1.54) is 24.4 Å². The van der Waals surface area contributed by atoms with Crippen molar-refractivity contribution in [1.82, 2.24) is 9.97 Å². The van der Waals surface area contributed by atoms with E-state index in [9.17, 15) is 9.18 Å². The first-order valence-electron chi connectivity index (χ1n) is 4.87. The molecule has 0 spiro atoms. The monoisotopic (exact) mass is 310 g/mol. The van der Waals surface area contributed by atoms with Gasteiger partial charge in [0.15, 0.2) is 5.82 Å². The van der Waals surface area contributed by atoms with Gasteiger partial charge >= 0.3 is 0 Å². The largest absolute Gasteiger partial charge is 0.383 e. The fourth-order valence-electron chi connectivity index (χ4n) is 1.39. The lowest BCUT2D eigenvalue weighted by Crippen LogP contribution is -2.15. The van der Waals surface area contributed by atoms with Gasteiger partial charge in [0.05, 0.1) is 5.56 Å². The van der Waals surface area contributed by atoms with Gasteiger partial charge in [0.2, 0.25) is 0 Å². The summed E-state index contributed by atoms with van der Waals surface area (Å²) in [5.41, 5.74) is 11.3. The standard InChI is InChI=1S/C11H8BrFN4O/c12-8-3-5(13)1-2-6(8)11-16-4-7(10(15)18)9(14)17-11/h1-4H,(H2,15,18)(H2,14,16,17). The lowest BCUT2D eigenvalue weighted by Gasteiger charge is -2.06. The Labute approximate surface area is 110 Å². The van der Waals surface area contributed by atoms with E-state index >= 15 is 0 Å². The number of benzene rings is 1. The Balaban J connectivity index is 2.52. The van der Waals surface area contributed by atoms with Crippen LogP contribution in [0.1, 0.15) is 10.4 Å². The highest BCUT2D eigenvalue weighted by molar-refractivity contribution is 9.10. The lowest BCUT2D eigenvalue weighted by molar-refractivity contribution is 0.100. The molecule has 0 aliphatic heterocycles. The normalized spacial score (nSPS) is 10.3. The van der Waals surface area contributed by atoms with Crippen LogP contribution >= 0.6 is 15.9 Å². The van der Waals surface area contributed by atoms with Crippen molar-refractivity contribution in [3.63, 3.8) is 0 Å². The van der Waals surface area contributed by atoms with Crippen molar-refractivity contribution in [2.75, 3.05) is 5.73 Å². The summed E-state index contributed by atoms with van der Waals surface area (Å²) in [5.74, 6) is -0.808. The van der Waals surface area contributed by atoms with Crippen molar-refractivity contribution >= 4 is 27.7 Å². The molecule has 2 aromatic rings. The molecule has 0 saturated carbocycles. The van der Waals surface area contributed by atoms with Gasteiger partial charge in [-0.2, -0.15) is 0 Å². The van der Waals surface area contributed by atoms with E-state index in [-0.39, 0.29) is 23.0 Å². The molecule has 0 atom stereocenters. The number of nitrogen functional groups attached to an aromatic ring is 1. The molecule has 0 aliphatic rings. The van der Waals surface area contributed by atoms with Gasteiger partial charge in [0, 0.05) is 16.2 Å². The number of halogens is 2. The minimum Gasteiger partial charge on any atom is -0.383 e. The fraction of sp³-hybridized carbons (Fsp3) is 0.